The molecule has 0 saturated carbocycles. The van der Waals surface area contributed by atoms with Crippen LogP contribution >= 0.6 is 22.9 Å². The Morgan fingerprint density at radius 3 is 2.94 bits per heavy atom. The molecule has 16 heavy (non-hydrogen) atoms. The molecule has 0 spiro atoms. The molecule has 0 unspecified atom stereocenters. The summed E-state index contributed by atoms with van der Waals surface area (Å²) in [6.45, 7) is 1.99. The van der Waals surface area contributed by atoms with Crippen LogP contribution in [-0.4, -0.2) is 9.91 Å². The van der Waals surface area contributed by atoms with Gasteiger partial charge in [0.25, 0.3) is 5.69 Å². The first-order valence-corrected chi connectivity index (χ1v) is 6.04. The molecule has 1 heterocycles. The van der Waals surface area contributed by atoms with Crippen molar-refractivity contribution in [2.75, 3.05) is 0 Å². The molecular weight excluding hydrogens is 248 g/mol. The van der Waals surface area contributed by atoms with Gasteiger partial charge in [0.2, 0.25) is 0 Å². The number of fused-ring (bicyclic) bond motifs is 1. The van der Waals surface area contributed by atoms with Crippen molar-refractivity contribution in [1.82, 2.24) is 4.98 Å². The molecule has 0 amide bonds. The van der Waals surface area contributed by atoms with Crippen molar-refractivity contribution in [1.29, 1.82) is 0 Å². The van der Waals surface area contributed by atoms with Crippen LogP contribution in [0.4, 0.5) is 5.69 Å². The number of rotatable bonds is 3. The van der Waals surface area contributed by atoms with Crippen molar-refractivity contribution in [3.8, 4) is 0 Å². The standard InChI is InChI=1S/C10H9ClN2O2S/c1-2-3-6-4-9-7(12-10(11)16-9)5-8(6)13(14)15/h4-5H,2-3H2,1H3. The van der Waals surface area contributed by atoms with Crippen molar-refractivity contribution in [3.05, 3.63) is 32.3 Å². The molecule has 0 radical (unpaired) electrons. The van der Waals surface area contributed by atoms with Crippen LogP contribution in [0, 0.1) is 10.1 Å². The Bertz CT molecular complexity index is 553. The quantitative estimate of drug-likeness (QED) is 0.620. The summed E-state index contributed by atoms with van der Waals surface area (Å²) in [5, 5.41) is 10.9. The fourth-order valence-electron chi connectivity index (χ4n) is 1.62. The topological polar surface area (TPSA) is 56.0 Å². The second-order valence-electron chi connectivity index (χ2n) is 3.42. The number of benzene rings is 1. The summed E-state index contributed by atoms with van der Waals surface area (Å²) in [5.41, 5.74) is 1.48. The SMILES string of the molecule is CCCc1cc2sc(Cl)nc2cc1[N+](=O)[O-]. The summed E-state index contributed by atoms with van der Waals surface area (Å²) >= 11 is 7.13. The molecule has 2 rings (SSSR count). The number of nitro groups is 1. The number of thiazole rings is 1. The van der Waals surface area contributed by atoms with Crippen LogP contribution in [0.5, 0.6) is 0 Å². The first-order valence-electron chi connectivity index (χ1n) is 4.85. The Labute approximate surface area is 101 Å². The minimum Gasteiger partial charge on any atom is -0.258 e. The van der Waals surface area contributed by atoms with Crippen LogP contribution in [0.1, 0.15) is 18.9 Å². The van der Waals surface area contributed by atoms with Crippen LogP contribution < -0.4 is 0 Å². The van der Waals surface area contributed by atoms with E-state index in [4.69, 9.17) is 11.6 Å². The van der Waals surface area contributed by atoms with E-state index in [0.29, 0.717) is 16.4 Å². The Kier molecular flexibility index (Phi) is 3.07. The predicted molar refractivity (Wildman–Crippen MR) is 65.3 cm³/mol. The molecule has 1 aromatic carbocycles. The summed E-state index contributed by atoms with van der Waals surface area (Å²) in [6.07, 6.45) is 1.57. The van der Waals surface area contributed by atoms with Gasteiger partial charge in [0, 0.05) is 11.6 Å². The van der Waals surface area contributed by atoms with Gasteiger partial charge in [-0.25, -0.2) is 4.98 Å². The van der Waals surface area contributed by atoms with Crippen LogP contribution in [-0.2, 0) is 6.42 Å². The average molecular weight is 257 g/mol. The maximum Gasteiger partial charge on any atom is 0.274 e. The second-order valence-corrected chi connectivity index (χ2v) is 5.04. The van der Waals surface area contributed by atoms with Crippen molar-refractivity contribution in [2.24, 2.45) is 0 Å². The highest BCUT2D eigenvalue weighted by Crippen LogP contribution is 2.32. The zero-order valence-electron chi connectivity index (χ0n) is 8.57. The Balaban J connectivity index is 2.64. The Morgan fingerprint density at radius 2 is 2.31 bits per heavy atom. The zero-order valence-corrected chi connectivity index (χ0v) is 10.1. The van der Waals surface area contributed by atoms with E-state index in [0.717, 1.165) is 16.7 Å². The van der Waals surface area contributed by atoms with E-state index < -0.39 is 0 Å². The highest BCUT2D eigenvalue weighted by atomic mass is 35.5. The summed E-state index contributed by atoms with van der Waals surface area (Å²) in [6, 6.07) is 3.32. The average Bonchev–Trinajstić information content (AvgIpc) is 2.56. The molecule has 0 aliphatic rings. The Morgan fingerprint density at radius 1 is 1.56 bits per heavy atom. The maximum atomic E-state index is 10.9. The van der Waals surface area contributed by atoms with E-state index in [2.05, 4.69) is 4.98 Å². The van der Waals surface area contributed by atoms with E-state index in [1.165, 1.54) is 17.4 Å². The van der Waals surface area contributed by atoms with Crippen molar-refractivity contribution >= 4 is 38.8 Å². The van der Waals surface area contributed by atoms with Crippen molar-refractivity contribution in [3.63, 3.8) is 0 Å². The number of aryl methyl sites for hydroxylation is 1. The van der Waals surface area contributed by atoms with Crippen molar-refractivity contribution in [2.45, 2.75) is 19.8 Å². The highest BCUT2D eigenvalue weighted by Gasteiger charge is 2.16. The fourth-order valence-corrected chi connectivity index (χ4v) is 2.69. The molecule has 0 aliphatic heterocycles. The van der Waals surface area contributed by atoms with Gasteiger partial charge in [-0.05, 0) is 12.5 Å². The van der Waals surface area contributed by atoms with Crippen LogP contribution in [0.15, 0.2) is 12.1 Å². The Hall–Kier alpha value is -1.20. The summed E-state index contributed by atoms with van der Waals surface area (Å²) < 4.78 is 1.32. The number of nitro benzene ring substituents is 1. The molecule has 0 atom stereocenters. The lowest BCUT2D eigenvalue weighted by Gasteiger charge is -2.00. The van der Waals surface area contributed by atoms with E-state index in [1.807, 2.05) is 13.0 Å². The number of hydrogen-bond donors (Lipinski definition) is 0. The number of hydrogen-bond acceptors (Lipinski definition) is 4. The largest absolute Gasteiger partial charge is 0.274 e. The molecule has 0 aliphatic carbocycles. The van der Waals surface area contributed by atoms with Crippen LogP contribution in [0.3, 0.4) is 0 Å². The van der Waals surface area contributed by atoms with E-state index >= 15 is 0 Å². The third kappa shape index (κ3) is 2.01. The summed E-state index contributed by atoms with van der Waals surface area (Å²) in [7, 11) is 0. The maximum absolute atomic E-state index is 10.9. The highest BCUT2D eigenvalue weighted by molar-refractivity contribution is 7.22. The third-order valence-electron chi connectivity index (χ3n) is 2.28. The first-order chi connectivity index (χ1) is 7.61. The molecule has 2 aromatic rings. The number of nitrogens with zero attached hydrogens (tertiary/aromatic N) is 2. The van der Waals surface area contributed by atoms with Crippen molar-refractivity contribution < 1.29 is 4.92 Å². The summed E-state index contributed by atoms with van der Waals surface area (Å²) in [4.78, 5) is 14.6. The molecule has 0 bridgehead atoms. The van der Waals surface area contributed by atoms with E-state index in [1.54, 1.807) is 0 Å². The van der Waals surface area contributed by atoms with Gasteiger partial charge in [0.1, 0.15) is 0 Å². The van der Waals surface area contributed by atoms with Gasteiger partial charge in [-0.3, -0.25) is 10.1 Å². The number of halogens is 1. The van der Waals surface area contributed by atoms with Crippen LogP contribution in [0.2, 0.25) is 4.47 Å². The smallest absolute Gasteiger partial charge is 0.258 e. The monoisotopic (exact) mass is 256 g/mol. The normalized spacial score (nSPS) is 10.9. The minimum absolute atomic E-state index is 0.135. The predicted octanol–water partition coefficient (Wildman–Crippen LogP) is 3.81. The minimum atomic E-state index is -0.363. The second kappa shape index (κ2) is 4.35. The van der Waals surface area contributed by atoms with Gasteiger partial charge in [-0.15, -0.1) is 11.3 Å². The van der Waals surface area contributed by atoms with Gasteiger partial charge in [0.05, 0.1) is 15.1 Å². The lowest BCUT2D eigenvalue weighted by atomic mass is 10.1. The van der Waals surface area contributed by atoms with Gasteiger partial charge in [-0.2, -0.15) is 0 Å². The zero-order chi connectivity index (χ0) is 11.7. The van der Waals surface area contributed by atoms with Gasteiger partial charge < -0.3 is 0 Å². The van der Waals surface area contributed by atoms with E-state index in [9.17, 15) is 10.1 Å². The lowest BCUT2D eigenvalue weighted by molar-refractivity contribution is -0.385. The third-order valence-corrected chi connectivity index (χ3v) is 3.40. The van der Waals surface area contributed by atoms with Gasteiger partial charge in [0.15, 0.2) is 4.47 Å². The molecule has 84 valence electrons. The van der Waals surface area contributed by atoms with E-state index in [-0.39, 0.29) is 10.6 Å². The molecule has 6 heteroatoms. The molecule has 1 aromatic heterocycles. The molecule has 0 fully saturated rings. The molecule has 0 N–H and O–H groups in total. The fraction of sp³-hybridized carbons (Fsp3) is 0.300. The molecule has 4 nitrogen and oxygen atoms in total. The van der Waals surface area contributed by atoms with Crippen LogP contribution in [0.25, 0.3) is 10.2 Å². The van der Waals surface area contributed by atoms with Gasteiger partial charge >= 0.3 is 0 Å². The van der Waals surface area contributed by atoms with Gasteiger partial charge in [-0.1, -0.05) is 24.9 Å². The number of aromatic nitrogens is 1. The lowest BCUT2D eigenvalue weighted by Crippen LogP contribution is -1.95. The first kappa shape index (κ1) is 11.3. The summed E-state index contributed by atoms with van der Waals surface area (Å²) in [5.74, 6) is 0. The molecule has 0 saturated heterocycles. The molecular formula is C10H9ClN2O2S.